The quantitative estimate of drug-likeness (QED) is 0.502. The Bertz CT molecular complexity index is 194. The van der Waals surface area contributed by atoms with Gasteiger partial charge in [0, 0.05) is 6.42 Å². The third-order valence-corrected chi connectivity index (χ3v) is 2.09. The van der Waals surface area contributed by atoms with E-state index in [4.69, 9.17) is 0 Å². The summed E-state index contributed by atoms with van der Waals surface area (Å²) in [7, 11) is 1.93. The summed E-state index contributed by atoms with van der Waals surface area (Å²) in [4.78, 5) is 11.6. The fourth-order valence-corrected chi connectivity index (χ4v) is 1.37. The van der Waals surface area contributed by atoms with Gasteiger partial charge in [-0.1, -0.05) is 26.8 Å². The number of hydrogen-bond donors (Lipinski definition) is 1. The molecule has 82 valence electrons. The van der Waals surface area contributed by atoms with Gasteiger partial charge in [0.15, 0.2) is 5.78 Å². The van der Waals surface area contributed by atoms with Gasteiger partial charge in [0.25, 0.3) is 0 Å². The first-order valence-corrected chi connectivity index (χ1v) is 5.48. The lowest BCUT2D eigenvalue weighted by Gasteiger charge is -2.08. The van der Waals surface area contributed by atoms with Crippen LogP contribution in [-0.4, -0.2) is 19.4 Å². The molecular formula is C12H23NO. The number of Topliss-reactive ketones (excluding diaryl/α,β-unsaturated/α-hetero) is 1. The second kappa shape index (κ2) is 7.74. The monoisotopic (exact) mass is 197 g/mol. The first kappa shape index (κ1) is 13.4. The van der Waals surface area contributed by atoms with Crippen LogP contribution in [0.25, 0.3) is 0 Å². The van der Waals surface area contributed by atoms with E-state index in [1.807, 2.05) is 14.0 Å². The van der Waals surface area contributed by atoms with Gasteiger partial charge in [-0.15, -0.1) is 0 Å². The van der Waals surface area contributed by atoms with Crippen LogP contribution in [0, 0.1) is 5.92 Å². The Morgan fingerprint density at radius 1 is 1.43 bits per heavy atom. The van der Waals surface area contributed by atoms with Crippen molar-refractivity contribution in [2.75, 3.05) is 13.6 Å². The molecule has 0 spiro atoms. The van der Waals surface area contributed by atoms with E-state index in [-0.39, 0.29) is 0 Å². The third kappa shape index (κ3) is 5.92. The highest BCUT2D eigenvalue weighted by Gasteiger charge is 2.08. The number of rotatable bonds is 7. The van der Waals surface area contributed by atoms with Crippen LogP contribution in [0.5, 0.6) is 0 Å². The molecule has 0 radical (unpaired) electrons. The van der Waals surface area contributed by atoms with Crippen LogP contribution in [-0.2, 0) is 4.79 Å². The normalized spacial score (nSPS) is 12.2. The van der Waals surface area contributed by atoms with Gasteiger partial charge in [-0.2, -0.15) is 0 Å². The fourth-order valence-electron chi connectivity index (χ4n) is 1.37. The molecule has 0 aromatic carbocycles. The predicted molar refractivity (Wildman–Crippen MR) is 61.4 cm³/mol. The Labute approximate surface area is 87.8 Å². The highest BCUT2D eigenvalue weighted by atomic mass is 16.1. The maximum Gasteiger partial charge on any atom is 0.158 e. The smallest absolute Gasteiger partial charge is 0.158 e. The van der Waals surface area contributed by atoms with E-state index in [0.717, 1.165) is 25.0 Å². The SMILES string of the molecule is CCC(=O)/C(=C/CCNC)CC(C)C. The van der Waals surface area contributed by atoms with Crippen LogP contribution < -0.4 is 5.32 Å². The maximum absolute atomic E-state index is 11.6. The van der Waals surface area contributed by atoms with Gasteiger partial charge in [0.2, 0.25) is 0 Å². The second-order valence-electron chi connectivity index (χ2n) is 4.00. The van der Waals surface area contributed by atoms with Crippen molar-refractivity contribution in [1.82, 2.24) is 5.32 Å². The van der Waals surface area contributed by atoms with E-state index in [2.05, 4.69) is 25.2 Å². The Hall–Kier alpha value is -0.630. The molecule has 2 heteroatoms. The standard InChI is InChI=1S/C12H23NO/c1-5-12(14)11(9-10(2)3)7-6-8-13-4/h7,10,13H,5-6,8-9H2,1-4H3/b11-7+. The topological polar surface area (TPSA) is 29.1 Å². The molecule has 0 fully saturated rings. The summed E-state index contributed by atoms with van der Waals surface area (Å²) in [6.07, 6.45) is 4.57. The Balaban J connectivity index is 4.22. The van der Waals surface area contributed by atoms with Crippen LogP contribution in [0.4, 0.5) is 0 Å². The van der Waals surface area contributed by atoms with E-state index in [0.29, 0.717) is 18.1 Å². The number of carbonyl (C=O) groups is 1. The molecule has 0 saturated carbocycles. The van der Waals surface area contributed by atoms with Gasteiger partial charge < -0.3 is 5.32 Å². The minimum atomic E-state index is 0.301. The molecule has 0 heterocycles. The van der Waals surface area contributed by atoms with Crippen LogP contribution in [0.1, 0.15) is 40.0 Å². The summed E-state index contributed by atoms with van der Waals surface area (Å²) in [6.45, 7) is 7.16. The van der Waals surface area contributed by atoms with E-state index >= 15 is 0 Å². The molecule has 0 atom stereocenters. The maximum atomic E-state index is 11.6. The molecule has 14 heavy (non-hydrogen) atoms. The zero-order chi connectivity index (χ0) is 11.0. The molecule has 0 rings (SSSR count). The van der Waals surface area contributed by atoms with Crippen LogP contribution >= 0.6 is 0 Å². The minimum absolute atomic E-state index is 0.301. The number of nitrogens with one attached hydrogen (secondary N) is 1. The second-order valence-corrected chi connectivity index (χ2v) is 4.00. The zero-order valence-electron chi connectivity index (χ0n) is 9.89. The Morgan fingerprint density at radius 3 is 2.50 bits per heavy atom. The van der Waals surface area contributed by atoms with Crippen molar-refractivity contribution in [2.24, 2.45) is 5.92 Å². The van der Waals surface area contributed by atoms with Crippen molar-refractivity contribution in [3.63, 3.8) is 0 Å². The summed E-state index contributed by atoms with van der Waals surface area (Å²) in [5, 5.41) is 3.08. The van der Waals surface area contributed by atoms with Crippen molar-refractivity contribution in [2.45, 2.75) is 40.0 Å². The molecule has 0 amide bonds. The van der Waals surface area contributed by atoms with Crippen LogP contribution in [0.3, 0.4) is 0 Å². The predicted octanol–water partition coefficient (Wildman–Crippen LogP) is 2.55. The highest BCUT2D eigenvalue weighted by molar-refractivity contribution is 5.95. The lowest BCUT2D eigenvalue weighted by Crippen LogP contribution is -2.08. The number of allylic oxidation sites excluding steroid dienone is 1. The Kier molecular flexibility index (Phi) is 7.40. The van der Waals surface area contributed by atoms with Gasteiger partial charge in [0.1, 0.15) is 0 Å². The van der Waals surface area contributed by atoms with Crippen molar-refractivity contribution >= 4 is 5.78 Å². The van der Waals surface area contributed by atoms with E-state index in [9.17, 15) is 4.79 Å². The summed E-state index contributed by atoms with van der Waals surface area (Å²) in [5.74, 6) is 0.862. The minimum Gasteiger partial charge on any atom is -0.319 e. The molecule has 0 aliphatic rings. The molecule has 0 bridgehead atoms. The fraction of sp³-hybridized carbons (Fsp3) is 0.750. The molecule has 0 aromatic heterocycles. The van der Waals surface area contributed by atoms with Crippen molar-refractivity contribution < 1.29 is 4.79 Å². The molecule has 2 nitrogen and oxygen atoms in total. The lowest BCUT2D eigenvalue weighted by atomic mass is 9.97. The van der Waals surface area contributed by atoms with E-state index < -0.39 is 0 Å². The van der Waals surface area contributed by atoms with Gasteiger partial charge in [0.05, 0.1) is 0 Å². The number of carbonyl (C=O) groups excluding carboxylic acids is 1. The third-order valence-electron chi connectivity index (χ3n) is 2.09. The zero-order valence-corrected chi connectivity index (χ0v) is 9.89. The first-order valence-electron chi connectivity index (χ1n) is 5.48. The largest absolute Gasteiger partial charge is 0.319 e. The van der Waals surface area contributed by atoms with Crippen molar-refractivity contribution in [3.05, 3.63) is 11.6 Å². The molecule has 0 aliphatic carbocycles. The molecule has 0 aromatic rings. The number of ketones is 1. The molecule has 1 N–H and O–H groups in total. The van der Waals surface area contributed by atoms with Crippen LogP contribution in [0.15, 0.2) is 11.6 Å². The van der Waals surface area contributed by atoms with Crippen LogP contribution in [0.2, 0.25) is 0 Å². The molecule has 0 saturated heterocycles. The average Bonchev–Trinajstić information content (AvgIpc) is 2.15. The molecular weight excluding hydrogens is 174 g/mol. The average molecular weight is 197 g/mol. The summed E-state index contributed by atoms with van der Waals surface area (Å²) in [6, 6.07) is 0. The van der Waals surface area contributed by atoms with Gasteiger partial charge in [-0.25, -0.2) is 0 Å². The molecule has 0 unspecified atom stereocenters. The number of hydrogen-bond acceptors (Lipinski definition) is 2. The summed E-state index contributed by atoms with van der Waals surface area (Å²) in [5.41, 5.74) is 1.01. The van der Waals surface area contributed by atoms with Gasteiger partial charge >= 0.3 is 0 Å². The Morgan fingerprint density at radius 2 is 2.07 bits per heavy atom. The summed E-state index contributed by atoms with van der Waals surface area (Å²) >= 11 is 0. The summed E-state index contributed by atoms with van der Waals surface area (Å²) < 4.78 is 0. The lowest BCUT2D eigenvalue weighted by molar-refractivity contribution is -0.115. The highest BCUT2D eigenvalue weighted by Crippen LogP contribution is 2.13. The van der Waals surface area contributed by atoms with Crippen molar-refractivity contribution in [1.29, 1.82) is 0 Å². The van der Waals surface area contributed by atoms with E-state index in [1.54, 1.807) is 0 Å². The van der Waals surface area contributed by atoms with E-state index in [1.165, 1.54) is 0 Å². The van der Waals surface area contributed by atoms with Crippen molar-refractivity contribution in [3.8, 4) is 0 Å². The van der Waals surface area contributed by atoms with Gasteiger partial charge in [-0.05, 0) is 37.9 Å². The molecule has 0 aliphatic heterocycles. The first-order chi connectivity index (χ1) is 6.61. The van der Waals surface area contributed by atoms with Gasteiger partial charge in [-0.3, -0.25) is 4.79 Å².